The summed E-state index contributed by atoms with van der Waals surface area (Å²) in [7, 11) is 0. The van der Waals surface area contributed by atoms with Gasteiger partial charge in [0.25, 0.3) is 0 Å². The molecule has 0 amide bonds. The molecular formula is C7H9NO4. The predicted molar refractivity (Wildman–Crippen MR) is 40.3 cm³/mol. The van der Waals surface area contributed by atoms with E-state index in [-0.39, 0.29) is 18.9 Å². The van der Waals surface area contributed by atoms with Gasteiger partial charge in [-0.1, -0.05) is 0 Å². The van der Waals surface area contributed by atoms with Gasteiger partial charge in [-0.25, -0.2) is 14.6 Å². The fourth-order valence-electron chi connectivity index (χ4n) is 0.450. The molecule has 0 spiro atoms. The number of isocyanates is 1. The van der Waals surface area contributed by atoms with Crippen molar-refractivity contribution in [3.63, 3.8) is 0 Å². The van der Waals surface area contributed by atoms with Gasteiger partial charge in [-0.2, -0.15) is 0 Å². The van der Waals surface area contributed by atoms with Crippen LogP contribution in [0.15, 0.2) is 16.8 Å². The normalized spacial score (nSPS) is 10.2. The molecule has 0 heterocycles. The number of aliphatic hydroxyl groups is 1. The van der Waals surface area contributed by atoms with Crippen LogP contribution in [0.3, 0.4) is 0 Å². The maximum atomic E-state index is 10.6. The van der Waals surface area contributed by atoms with Crippen molar-refractivity contribution in [3.05, 3.63) is 11.8 Å². The Kier molecular flexibility index (Phi) is 5.30. The lowest BCUT2D eigenvalue weighted by Gasteiger charge is -1.96. The van der Waals surface area contributed by atoms with Gasteiger partial charge in [-0.3, -0.25) is 0 Å². The minimum atomic E-state index is -0.656. The van der Waals surface area contributed by atoms with Crippen molar-refractivity contribution in [2.75, 3.05) is 13.2 Å². The number of hydrogen-bond acceptors (Lipinski definition) is 5. The summed E-state index contributed by atoms with van der Waals surface area (Å²) in [6, 6.07) is 0. The zero-order chi connectivity index (χ0) is 9.40. The molecule has 12 heavy (non-hydrogen) atoms. The van der Waals surface area contributed by atoms with Gasteiger partial charge in [0.2, 0.25) is 6.08 Å². The fraction of sp³-hybridized carbons (Fsp3) is 0.429. The smallest absolute Gasteiger partial charge is 0.334 e. The number of ether oxygens (including phenoxy) is 1. The van der Waals surface area contributed by atoms with E-state index in [1.807, 2.05) is 0 Å². The maximum absolute atomic E-state index is 10.6. The van der Waals surface area contributed by atoms with E-state index in [9.17, 15) is 9.59 Å². The van der Waals surface area contributed by atoms with E-state index >= 15 is 0 Å². The zero-order valence-electron chi connectivity index (χ0n) is 6.61. The van der Waals surface area contributed by atoms with Gasteiger partial charge in [-0.15, -0.1) is 0 Å². The van der Waals surface area contributed by atoms with Crippen molar-refractivity contribution in [1.82, 2.24) is 0 Å². The molecule has 0 aliphatic heterocycles. The van der Waals surface area contributed by atoms with Gasteiger partial charge in [-0.05, 0) is 6.92 Å². The predicted octanol–water partition coefficient (Wildman–Crippen LogP) is 0.327. The van der Waals surface area contributed by atoms with Crippen LogP contribution in [0.4, 0.5) is 0 Å². The second-order valence-corrected chi connectivity index (χ2v) is 1.93. The third-order valence-corrected chi connectivity index (χ3v) is 0.839. The van der Waals surface area contributed by atoms with E-state index in [2.05, 4.69) is 9.73 Å². The molecule has 0 aromatic heterocycles. The Morgan fingerprint density at radius 2 is 2.42 bits per heavy atom. The van der Waals surface area contributed by atoms with Gasteiger partial charge in [0.1, 0.15) is 6.61 Å². The maximum Gasteiger partial charge on any atom is 0.334 e. The van der Waals surface area contributed by atoms with Crippen molar-refractivity contribution in [1.29, 1.82) is 0 Å². The Balaban J connectivity index is 3.58. The first-order valence-electron chi connectivity index (χ1n) is 3.24. The van der Waals surface area contributed by atoms with Gasteiger partial charge in [0.15, 0.2) is 0 Å². The number of hydrogen-bond donors (Lipinski definition) is 1. The third-order valence-electron chi connectivity index (χ3n) is 0.839. The number of nitrogens with zero attached hydrogens (tertiary/aromatic N) is 1. The number of carbonyl (C=O) groups is 1. The minimum absolute atomic E-state index is 0.0118. The Morgan fingerprint density at radius 1 is 1.75 bits per heavy atom. The summed E-state index contributed by atoms with van der Waals surface area (Å²) in [6.07, 6.45) is 2.24. The highest BCUT2D eigenvalue weighted by atomic mass is 16.5. The van der Waals surface area contributed by atoms with Crippen molar-refractivity contribution in [2.45, 2.75) is 6.92 Å². The first-order chi connectivity index (χ1) is 5.66. The van der Waals surface area contributed by atoms with Crippen LogP contribution in [-0.4, -0.2) is 30.3 Å². The van der Waals surface area contributed by atoms with Crippen LogP contribution in [-0.2, 0) is 14.3 Å². The first-order valence-corrected chi connectivity index (χ1v) is 3.24. The van der Waals surface area contributed by atoms with Crippen LogP contribution < -0.4 is 0 Å². The molecule has 0 radical (unpaired) electrons. The Labute approximate surface area is 69.4 Å². The van der Waals surface area contributed by atoms with Crippen molar-refractivity contribution < 1.29 is 19.4 Å². The monoisotopic (exact) mass is 171 g/mol. The molecule has 0 aliphatic carbocycles. The molecule has 5 heteroatoms. The van der Waals surface area contributed by atoms with Crippen LogP contribution in [0.1, 0.15) is 6.92 Å². The lowest BCUT2D eigenvalue weighted by Crippen LogP contribution is -2.05. The van der Waals surface area contributed by atoms with E-state index in [4.69, 9.17) is 5.11 Å². The van der Waals surface area contributed by atoms with E-state index in [1.165, 1.54) is 13.0 Å². The molecule has 0 aromatic carbocycles. The molecule has 5 nitrogen and oxygen atoms in total. The van der Waals surface area contributed by atoms with E-state index in [1.54, 1.807) is 0 Å². The van der Waals surface area contributed by atoms with E-state index < -0.39 is 5.97 Å². The SMILES string of the molecule is CC(O)=CC(=O)OCCN=C=O. The van der Waals surface area contributed by atoms with Gasteiger partial charge >= 0.3 is 5.97 Å². The standard InChI is InChI=1S/C7H9NO4/c1-6(10)4-7(11)12-3-2-8-5-9/h4,10H,2-3H2,1H3. The first kappa shape index (κ1) is 10.4. The molecule has 0 unspecified atom stereocenters. The number of aliphatic imine (C=N–C) groups is 1. The van der Waals surface area contributed by atoms with Crippen LogP contribution in [0.2, 0.25) is 0 Å². The number of aliphatic hydroxyl groups excluding tert-OH is 1. The lowest BCUT2D eigenvalue weighted by molar-refractivity contribution is -0.137. The second kappa shape index (κ2) is 6.12. The molecule has 0 atom stereocenters. The number of esters is 1. The molecule has 66 valence electrons. The molecule has 0 saturated heterocycles. The van der Waals surface area contributed by atoms with Crippen LogP contribution in [0.5, 0.6) is 0 Å². The molecule has 0 saturated carbocycles. The van der Waals surface area contributed by atoms with E-state index in [0.717, 1.165) is 6.08 Å². The molecule has 0 aromatic rings. The molecule has 0 fully saturated rings. The Bertz CT molecular complexity index is 224. The van der Waals surface area contributed by atoms with Gasteiger partial charge < -0.3 is 9.84 Å². The zero-order valence-corrected chi connectivity index (χ0v) is 6.61. The molecular weight excluding hydrogens is 162 g/mol. The van der Waals surface area contributed by atoms with Crippen molar-refractivity contribution in [3.8, 4) is 0 Å². The minimum Gasteiger partial charge on any atom is -0.512 e. The third kappa shape index (κ3) is 6.51. The lowest BCUT2D eigenvalue weighted by atomic mass is 10.5. The molecule has 0 aliphatic rings. The highest BCUT2D eigenvalue weighted by molar-refractivity contribution is 5.82. The largest absolute Gasteiger partial charge is 0.512 e. The topological polar surface area (TPSA) is 76.0 Å². The van der Waals surface area contributed by atoms with Crippen LogP contribution in [0, 0.1) is 0 Å². The summed E-state index contributed by atoms with van der Waals surface area (Å²) in [6.45, 7) is 1.45. The van der Waals surface area contributed by atoms with Crippen molar-refractivity contribution >= 4 is 12.0 Å². The second-order valence-electron chi connectivity index (χ2n) is 1.93. The quantitative estimate of drug-likeness (QED) is 0.165. The average molecular weight is 171 g/mol. The average Bonchev–Trinajstić information content (AvgIpc) is 1.97. The van der Waals surface area contributed by atoms with Gasteiger partial charge in [0.05, 0.1) is 18.4 Å². The molecule has 1 N–H and O–H groups in total. The van der Waals surface area contributed by atoms with Crippen LogP contribution >= 0.6 is 0 Å². The summed E-state index contributed by atoms with van der Waals surface area (Å²) in [4.78, 5) is 23.3. The summed E-state index contributed by atoms with van der Waals surface area (Å²) in [5.41, 5.74) is 0. The summed E-state index contributed by atoms with van der Waals surface area (Å²) in [5.74, 6) is -0.782. The molecule has 0 bridgehead atoms. The Hall–Kier alpha value is -1.61. The summed E-state index contributed by atoms with van der Waals surface area (Å²) < 4.78 is 4.51. The number of allylic oxidation sites excluding steroid dienone is 1. The fourth-order valence-corrected chi connectivity index (χ4v) is 0.450. The van der Waals surface area contributed by atoms with Crippen LogP contribution in [0.25, 0.3) is 0 Å². The highest BCUT2D eigenvalue weighted by Gasteiger charge is 1.96. The number of carbonyl (C=O) groups excluding carboxylic acids is 2. The summed E-state index contributed by atoms with van der Waals surface area (Å²) >= 11 is 0. The number of rotatable bonds is 4. The van der Waals surface area contributed by atoms with Gasteiger partial charge in [0, 0.05) is 0 Å². The van der Waals surface area contributed by atoms with E-state index in [0.29, 0.717) is 0 Å². The summed E-state index contributed by atoms with van der Waals surface area (Å²) in [5, 5.41) is 8.60. The highest BCUT2D eigenvalue weighted by Crippen LogP contribution is 1.87. The molecule has 0 rings (SSSR count). The Morgan fingerprint density at radius 3 is 2.92 bits per heavy atom. The van der Waals surface area contributed by atoms with Crippen molar-refractivity contribution in [2.24, 2.45) is 4.99 Å².